The molecule has 2 aromatic heterocycles. The first kappa shape index (κ1) is 8.26. The van der Waals surface area contributed by atoms with Gasteiger partial charge in [-0.1, -0.05) is 0 Å². The first-order chi connectivity index (χ1) is 4.97. The van der Waals surface area contributed by atoms with E-state index in [1.54, 1.807) is 18.4 Å². The van der Waals surface area contributed by atoms with E-state index in [-0.39, 0.29) is 18.9 Å². The second-order valence-corrected chi connectivity index (χ2v) is 1.89. The van der Waals surface area contributed by atoms with Gasteiger partial charge in [0.05, 0.1) is 6.26 Å². The zero-order chi connectivity index (χ0) is 6.81. The van der Waals surface area contributed by atoms with Crippen LogP contribution < -0.4 is 18.9 Å². The van der Waals surface area contributed by atoms with Crippen LogP contribution in [0.15, 0.2) is 39.4 Å². The predicted molar refractivity (Wildman–Crippen MR) is 35.2 cm³/mol. The number of hydrogen-bond acceptors (Lipinski definition) is 2. The van der Waals surface area contributed by atoms with Crippen LogP contribution in [0, 0.1) is 6.26 Å². The van der Waals surface area contributed by atoms with Gasteiger partial charge in [-0.25, -0.2) is 0 Å². The van der Waals surface area contributed by atoms with Gasteiger partial charge >= 0.3 is 18.9 Å². The Kier molecular flexibility index (Phi) is 2.64. The van der Waals surface area contributed by atoms with Crippen LogP contribution in [0.25, 0.3) is 11.5 Å². The fourth-order valence-electron chi connectivity index (χ4n) is 0.792. The Hall–Kier alpha value is -0.843. The van der Waals surface area contributed by atoms with Crippen molar-refractivity contribution >= 4 is 0 Å². The molecule has 0 saturated heterocycles. The quantitative estimate of drug-likeness (QED) is 0.388. The smallest absolute Gasteiger partial charge is 0.588 e. The third kappa shape index (κ3) is 1.59. The second kappa shape index (κ2) is 3.52. The van der Waals surface area contributed by atoms with Gasteiger partial charge in [0.25, 0.3) is 0 Å². The van der Waals surface area contributed by atoms with Crippen molar-refractivity contribution in [3.8, 4) is 11.5 Å². The summed E-state index contributed by atoms with van der Waals surface area (Å²) in [6.45, 7) is 0. The van der Waals surface area contributed by atoms with Crippen molar-refractivity contribution < 1.29 is 27.7 Å². The Morgan fingerprint density at radius 1 is 1.18 bits per heavy atom. The molecular formula is C8H5LiO2. The average Bonchev–Trinajstić information content (AvgIpc) is 2.59. The Morgan fingerprint density at radius 3 is 2.64 bits per heavy atom. The number of hydrogen-bond donors (Lipinski definition) is 0. The average molecular weight is 140 g/mol. The molecule has 0 bridgehead atoms. The fraction of sp³-hybridized carbons (Fsp3) is 0. The third-order valence-electron chi connectivity index (χ3n) is 1.24. The van der Waals surface area contributed by atoms with Gasteiger partial charge < -0.3 is 8.83 Å². The van der Waals surface area contributed by atoms with Crippen LogP contribution in [0.2, 0.25) is 0 Å². The van der Waals surface area contributed by atoms with Crippen molar-refractivity contribution in [2.24, 2.45) is 0 Å². The standard InChI is InChI=1S/C8H5O2.Li/c1-3-7(9-5-1)8-4-2-6-10-8;/h1-5H;/q-1;+1. The van der Waals surface area contributed by atoms with Crippen LogP contribution in [0.4, 0.5) is 0 Å². The van der Waals surface area contributed by atoms with Crippen LogP contribution in [-0.4, -0.2) is 0 Å². The van der Waals surface area contributed by atoms with Gasteiger partial charge in [0, 0.05) is 5.76 Å². The molecule has 2 rings (SSSR count). The van der Waals surface area contributed by atoms with Gasteiger partial charge in [0.2, 0.25) is 0 Å². The van der Waals surface area contributed by atoms with E-state index >= 15 is 0 Å². The molecule has 0 atom stereocenters. The molecule has 50 valence electrons. The Balaban J connectivity index is 0.000000605. The first-order valence-electron chi connectivity index (χ1n) is 2.96. The summed E-state index contributed by atoms with van der Waals surface area (Å²) >= 11 is 0. The van der Waals surface area contributed by atoms with Crippen molar-refractivity contribution in [3.63, 3.8) is 0 Å². The van der Waals surface area contributed by atoms with Crippen LogP contribution in [0.5, 0.6) is 0 Å². The summed E-state index contributed by atoms with van der Waals surface area (Å²) in [5.74, 6) is 1.45. The maximum absolute atomic E-state index is 5.06. The molecule has 0 spiro atoms. The summed E-state index contributed by atoms with van der Waals surface area (Å²) in [4.78, 5) is 0. The summed E-state index contributed by atoms with van der Waals surface area (Å²) in [6, 6.07) is 7.17. The van der Waals surface area contributed by atoms with Gasteiger partial charge in [-0.05, 0) is 18.4 Å². The zero-order valence-corrected chi connectivity index (χ0v) is 6.20. The first-order valence-corrected chi connectivity index (χ1v) is 2.96. The summed E-state index contributed by atoms with van der Waals surface area (Å²) < 4.78 is 10.0. The van der Waals surface area contributed by atoms with E-state index < -0.39 is 0 Å². The van der Waals surface area contributed by atoms with Crippen LogP contribution >= 0.6 is 0 Å². The third-order valence-corrected chi connectivity index (χ3v) is 1.24. The van der Waals surface area contributed by atoms with E-state index in [9.17, 15) is 0 Å². The van der Waals surface area contributed by atoms with Crippen molar-refractivity contribution in [2.75, 3.05) is 0 Å². The molecule has 2 aromatic rings. The van der Waals surface area contributed by atoms with Gasteiger partial charge in [0.15, 0.2) is 0 Å². The van der Waals surface area contributed by atoms with Crippen LogP contribution in [0.3, 0.4) is 0 Å². The maximum atomic E-state index is 5.06. The Bertz CT molecular complexity index is 252. The fourth-order valence-corrected chi connectivity index (χ4v) is 0.792. The van der Waals surface area contributed by atoms with E-state index in [0.717, 1.165) is 5.76 Å². The van der Waals surface area contributed by atoms with Gasteiger partial charge in [-0.2, -0.15) is 6.07 Å². The minimum Gasteiger partial charge on any atom is -0.588 e. The molecule has 0 N–H and O–H groups in total. The van der Waals surface area contributed by atoms with Gasteiger partial charge in [-0.15, -0.1) is 6.07 Å². The normalized spacial score (nSPS) is 9.09. The zero-order valence-electron chi connectivity index (χ0n) is 6.20. The van der Waals surface area contributed by atoms with E-state index in [2.05, 4.69) is 6.26 Å². The maximum Gasteiger partial charge on any atom is 1.00 e. The topological polar surface area (TPSA) is 26.3 Å². The number of rotatable bonds is 1. The second-order valence-electron chi connectivity index (χ2n) is 1.89. The SMILES string of the molecule is [Li+].[c-]1ccc(-c2ccco2)o1. The molecule has 0 fully saturated rings. The molecule has 11 heavy (non-hydrogen) atoms. The molecule has 0 radical (unpaired) electrons. The predicted octanol–water partition coefficient (Wildman–Crippen LogP) is -0.656. The van der Waals surface area contributed by atoms with Gasteiger partial charge in [0.1, 0.15) is 5.76 Å². The molecule has 0 saturated carbocycles. The molecule has 0 unspecified atom stereocenters. The van der Waals surface area contributed by atoms with E-state index in [1.807, 2.05) is 12.1 Å². The van der Waals surface area contributed by atoms with E-state index in [1.165, 1.54) is 0 Å². The summed E-state index contributed by atoms with van der Waals surface area (Å²) in [5, 5.41) is 0. The summed E-state index contributed by atoms with van der Waals surface area (Å²) in [6.07, 6.45) is 4.19. The molecule has 0 amide bonds. The van der Waals surface area contributed by atoms with Crippen molar-refractivity contribution in [1.82, 2.24) is 0 Å². The number of furan rings is 2. The molecule has 0 aliphatic rings. The van der Waals surface area contributed by atoms with Crippen LogP contribution in [0.1, 0.15) is 0 Å². The molecule has 3 heteroatoms. The molecular weight excluding hydrogens is 135 g/mol. The molecule has 0 aliphatic heterocycles. The van der Waals surface area contributed by atoms with Gasteiger partial charge in [-0.3, -0.25) is 0 Å². The monoisotopic (exact) mass is 140 g/mol. The minimum absolute atomic E-state index is 0. The summed E-state index contributed by atoms with van der Waals surface area (Å²) in [7, 11) is 0. The Morgan fingerprint density at radius 2 is 2.09 bits per heavy atom. The Labute approximate surface area is 76.4 Å². The van der Waals surface area contributed by atoms with E-state index in [4.69, 9.17) is 8.83 Å². The van der Waals surface area contributed by atoms with Crippen molar-refractivity contribution in [3.05, 3.63) is 36.8 Å². The summed E-state index contributed by atoms with van der Waals surface area (Å²) in [5.41, 5.74) is 0. The minimum atomic E-state index is 0. The largest absolute Gasteiger partial charge is 1.00 e. The molecule has 0 aromatic carbocycles. The molecule has 2 heterocycles. The molecule has 0 aliphatic carbocycles. The molecule has 2 nitrogen and oxygen atoms in total. The van der Waals surface area contributed by atoms with Crippen LogP contribution in [-0.2, 0) is 0 Å². The van der Waals surface area contributed by atoms with Crippen molar-refractivity contribution in [2.45, 2.75) is 0 Å². The van der Waals surface area contributed by atoms with Crippen molar-refractivity contribution in [1.29, 1.82) is 0 Å². The van der Waals surface area contributed by atoms with E-state index in [0.29, 0.717) is 5.76 Å².